The van der Waals surface area contributed by atoms with Gasteiger partial charge in [0.25, 0.3) is 5.91 Å². The van der Waals surface area contributed by atoms with Crippen LogP contribution in [0.4, 0.5) is 10.5 Å². The topological polar surface area (TPSA) is 284 Å². The monoisotopic (exact) mass is 740 g/mol. The minimum Gasteiger partial charge on any atom is -0.744 e. The van der Waals surface area contributed by atoms with Gasteiger partial charge in [-0.2, -0.15) is 0 Å². The number of hydrogen-bond acceptors (Lipinski definition) is 12. The first-order valence-electron chi connectivity index (χ1n) is 14.7. The third kappa shape index (κ3) is 9.19. The number of amides is 2. The van der Waals surface area contributed by atoms with Crippen LogP contribution in [0.1, 0.15) is 60.7 Å². The number of hydrogen-bond donors (Lipinski definition) is 5. The fraction of sp³-hybridized carbons (Fsp3) is 0.290. The zero-order valence-corrected chi connectivity index (χ0v) is 31.1. The van der Waals surface area contributed by atoms with E-state index in [-0.39, 0.29) is 63.7 Å². The Kier molecular flexibility index (Phi) is 12.5. The van der Waals surface area contributed by atoms with Crippen LogP contribution in [0.2, 0.25) is 0 Å². The van der Waals surface area contributed by atoms with Crippen molar-refractivity contribution in [3.8, 4) is 22.5 Å². The molecule has 0 fully saturated rings. The van der Waals surface area contributed by atoms with E-state index in [2.05, 4.69) is 10.6 Å². The van der Waals surface area contributed by atoms with Crippen LogP contribution >= 0.6 is 0 Å². The van der Waals surface area contributed by atoms with Crippen molar-refractivity contribution in [3.63, 3.8) is 0 Å². The Hall–Kier alpha value is -4.04. The predicted molar refractivity (Wildman–Crippen MR) is 171 cm³/mol. The van der Waals surface area contributed by atoms with Crippen LogP contribution in [0, 0.1) is 0 Å². The summed E-state index contributed by atoms with van der Waals surface area (Å²) in [6, 6.07) is 8.17. The quantitative estimate of drug-likeness (QED) is 0.0381. The minimum absolute atomic E-state index is 0. The van der Waals surface area contributed by atoms with E-state index >= 15 is 0 Å². The van der Waals surface area contributed by atoms with Gasteiger partial charge >= 0.3 is 41.6 Å². The minimum atomic E-state index is -5.38. The predicted octanol–water partition coefficient (Wildman–Crippen LogP) is -1.62. The maximum atomic E-state index is 13.0. The van der Waals surface area contributed by atoms with Gasteiger partial charge in [0, 0.05) is 41.2 Å². The Morgan fingerprint density at radius 1 is 0.900 bits per heavy atom. The number of ether oxygens (including phenoxy) is 1. The smallest absolute Gasteiger partial charge is 0.744 e. The number of unbranched alkanes of at least 4 members (excludes halogenated alkanes) is 2. The second kappa shape index (κ2) is 15.5. The molecular weight excluding hydrogens is 707 g/mol. The zero-order valence-electron chi connectivity index (χ0n) is 27.5. The molecule has 2 amide bonds. The number of carboxylic acids is 1. The second-order valence-electron chi connectivity index (χ2n) is 11.9. The summed E-state index contributed by atoms with van der Waals surface area (Å²) in [4.78, 5) is 35.1. The molecule has 0 unspecified atom stereocenters. The Bertz CT molecular complexity index is 2230. The number of benzene rings is 3. The van der Waals surface area contributed by atoms with Gasteiger partial charge in [-0.15, -0.1) is 0 Å². The first-order chi connectivity index (χ1) is 22.7. The third-order valence-corrected chi connectivity index (χ3v) is 8.96. The molecule has 0 saturated heterocycles. The van der Waals surface area contributed by atoms with Crippen LogP contribution in [0.15, 0.2) is 56.7 Å². The van der Waals surface area contributed by atoms with Gasteiger partial charge in [-0.25, -0.2) is 26.4 Å². The van der Waals surface area contributed by atoms with E-state index in [4.69, 9.17) is 20.3 Å². The number of alkyl carbamates (subject to hydrolysis) is 1. The third-order valence-electron chi connectivity index (χ3n) is 7.12. The average molecular weight is 741 g/mol. The van der Waals surface area contributed by atoms with Crippen LogP contribution in [0.3, 0.4) is 0 Å². The Labute approximate surface area is 309 Å². The number of carbonyl (C=O) groups is 3. The number of carbonyl (C=O) groups excluding carboxylic acids is 2. The van der Waals surface area contributed by atoms with Crippen molar-refractivity contribution in [3.05, 3.63) is 58.9 Å². The number of aromatic carboxylic acids is 1. The molecule has 1 aliphatic heterocycles. The molecular formula is C31H33N4NaO12S2. The zero-order chi connectivity index (χ0) is 36.5. The van der Waals surface area contributed by atoms with Crippen molar-refractivity contribution in [1.29, 1.82) is 0 Å². The Balaban J connectivity index is 0.00000676. The molecule has 0 saturated carbocycles. The number of fused-ring (bicyclic) bond motifs is 2. The van der Waals surface area contributed by atoms with Crippen molar-refractivity contribution < 1.29 is 89.6 Å². The maximum absolute atomic E-state index is 13.0. The molecule has 4 rings (SSSR count). The molecule has 0 spiro atoms. The van der Waals surface area contributed by atoms with Crippen LogP contribution in [0.25, 0.3) is 33.4 Å². The summed E-state index contributed by atoms with van der Waals surface area (Å²) in [5.74, 6) is -2.88. The maximum Gasteiger partial charge on any atom is 1.00 e. The fourth-order valence-electron chi connectivity index (χ4n) is 5.12. The van der Waals surface area contributed by atoms with Gasteiger partial charge in [0.1, 0.15) is 30.7 Å². The van der Waals surface area contributed by atoms with Gasteiger partial charge in [0.2, 0.25) is 5.36 Å². The largest absolute Gasteiger partial charge is 1.00 e. The summed E-state index contributed by atoms with van der Waals surface area (Å²) in [6.45, 7) is 5.84. The summed E-state index contributed by atoms with van der Waals surface area (Å²) >= 11 is 0. The molecule has 262 valence electrons. The van der Waals surface area contributed by atoms with Crippen molar-refractivity contribution in [1.82, 2.24) is 10.6 Å². The SMILES string of the molecule is CC(C)(C)OC(=O)NCCCCCNC(=O)c1ccc(-c2c3ccc(=[NH2+])c(S(=O)(=O)[O-])c-3oc3c(S(=O)(=O)[O-])c(N)ccc23)c(C(=O)O)c1.[Na+]. The van der Waals surface area contributed by atoms with Crippen LogP contribution in [-0.4, -0.2) is 67.7 Å². The molecule has 2 aromatic rings. The van der Waals surface area contributed by atoms with Crippen molar-refractivity contribution in [2.45, 2.75) is 55.4 Å². The van der Waals surface area contributed by atoms with Gasteiger partial charge in [-0.1, -0.05) is 6.07 Å². The number of nitrogen functional groups attached to an aromatic ring is 1. The standard InChI is InChI=1S/C31H34N4O12S2.Na/c1-31(2,3)47-30(39)35-14-6-4-5-13-34-28(36)16-7-8-17(20(15-16)29(37)38)23-18-9-11-21(32)26(48(40,41)42)24(18)46-25-19(23)10-12-22(33)27(25)49(43,44)45;/h7-12,15,32H,4-6,13-14,33H2,1-3H3,(H,34,36)(H,35,39)(H,37,38)(H,40,41,42)(H,43,44,45);/q;+1/p-1. The van der Waals surface area contributed by atoms with Crippen molar-refractivity contribution in [2.75, 3.05) is 18.8 Å². The number of rotatable bonds is 11. The van der Waals surface area contributed by atoms with E-state index in [9.17, 15) is 45.4 Å². The van der Waals surface area contributed by atoms with Crippen LogP contribution < -0.4 is 56.7 Å². The number of nitrogens with two attached hydrogens (primary N) is 2. The van der Waals surface area contributed by atoms with E-state index in [0.29, 0.717) is 25.8 Å². The van der Waals surface area contributed by atoms with Crippen LogP contribution in [-0.2, 0) is 25.0 Å². The van der Waals surface area contributed by atoms with Crippen molar-refractivity contribution in [2.24, 2.45) is 0 Å². The number of anilines is 1. The number of carboxylic acid groups (broad SMARTS) is 1. The summed E-state index contributed by atoms with van der Waals surface area (Å²) < 4.78 is 84.4. The summed E-state index contributed by atoms with van der Waals surface area (Å²) in [7, 11) is -10.8. The van der Waals surface area contributed by atoms with Gasteiger partial charge in [0.05, 0.1) is 11.3 Å². The Morgan fingerprint density at radius 3 is 2.08 bits per heavy atom. The molecule has 16 nitrogen and oxygen atoms in total. The second-order valence-corrected chi connectivity index (χ2v) is 14.6. The molecule has 2 aliphatic rings. The van der Waals surface area contributed by atoms with Gasteiger partial charge in [-0.3, -0.25) is 10.2 Å². The first kappa shape index (κ1) is 40.4. The molecule has 1 heterocycles. The van der Waals surface area contributed by atoms with E-state index in [1.54, 1.807) is 20.8 Å². The van der Waals surface area contributed by atoms with E-state index < -0.39 is 81.5 Å². The molecule has 0 bridgehead atoms. The van der Waals surface area contributed by atoms with E-state index in [1.807, 2.05) is 0 Å². The first-order valence-corrected chi connectivity index (χ1v) is 17.5. The van der Waals surface area contributed by atoms with Crippen LogP contribution in [0.5, 0.6) is 0 Å². The van der Waals surface area contributed by atoms with Gasteiger partial charge in [0.15, 0.2) is 16.2 Å². The molecule has 19 heteroatoms. The molecule has 0 radical (unpaired) electrons. The average Bonchev–Trinajstić information content (AvgIpc) is 2.96. The molecule has 1 aliphatic carbocycles. The van der Waals surface area contributed by atoms with Gasteiger partial charge < -0.3 is 39.7 Å². The normalized spacial score (nSPS) is 11.9. The molecule has 0 atom stereocenters. The van der Waals surface area contributed by atoms with E-state index in [1.165, 1.54) is 24.3 Å². The summed E-state index contributed by atoms with van der Waals surface area (Å²) in [5.41, 5.74) is 2.88. The molecule has 50 heavy (non-hydrogen) atoms. The number of nitrogens with one attached hydrogen (secondary N) is 2. The summed E-state index contributed by atoms with van der Waals surface area (Å²) in [6.07, 6.45) is 1.26. The molecule has 7 N–H and O–H groups in total. The van der Waals surface area contributed by atoms with E-state index in [0.717, 1.165) is 18.2 Å². The summed E-state index contributed by atoms with van der Waals surface area (Å²) in [5, 5.41) is 20.6. The molecule has 0 aromatic heterocycles. The Morgan fingerprint density at radius 2 is 1.50 bits per heavy atom. The fourth-order valence-corrected chi connectivity index (χ4v) is 6.59. The van der Waals surface area contributed by atoms with Crippen molar-refractivity contribution >= 4 is 54.9 Å². The molecule has 2 aromatic carbocycles. The van der Waals surface area contributed by atoms with Gasteiger partial charge in [-0.05, 0) is 75.9 Å².